The summed E-state index contributed by atoms with van der Waals surface area (Å²) in [6, 6.07) is 0. The van der Waals surface area contributed by atoms with Gasteiger partial charge in [0, 0.05) is 19.3 Å². The lowest BCUT2D eigenvalue weighted by molar-refractivity contribution is -0.167. The van der Waals surface area contributed by atoms with Crippen molar-refractivity contribution in [2.45, 2.75) is 341 Å². The van der Waals surface area contributed by atoms with Crippen LogP contribution in [0, 0.1) is 0 Å². The Labute approximate surface area is 496 Å². The molecule has 0 fully saturated rings. The largest absolute Gasteiger partial charge is 0.462 e. The highest BCUT2D eigenvalue weighted by Crippen LogP contribution is 2.17. The molecule has 0 heterocycles. The molecule has 1 unspecified atom stereocenters. The van der Waals surface area contributed by atoms with Crippen LogP contribution in [0.1, 0.15) is 335 Å². The molecule has 0 radical (unpaired) electrons. The molecule has 0 saturated heterocycles. The van der Waals surface area contributed by atoms with Gasteiger partial charge in [-0.05, 0) is 83.5 Å². The van der Waals surface area contributed by atoms with E-state index in [0.29, 0.717) is 19.3 Å². The summed E-state index contributed by atoms with van der Waals surface area (Å²) in [6.45, 7) is 6.55. The fraction of sp³-hybridized carbons (Fsp3) is 0.743. The van der Waals surface area contributed by atoms with Crippen molar-refractivity contribution < 1.29 is 28.6 Å². The number of ether oxygens (including phenoxy) is 3. The maximum atomic E-state index is 12.9. The van der Waals surface area contributed by atoms with E-state index in [2.05, 4.69) is 118 Å². The number of carbonyl (C=O) groups is 3. The number of unbranched alkanes of at least 4 members (excludes halogenated alkanes) is 35. The van der Waals surface area contributed by atoms with Crippen LogP contribution < -0.4 is 0 Å². The molecule has 0 aromatic heterocycles. The molecule has 80 heavy (non-hydrogen) atoms. The monoisotopic (exact) mass is 1110 g/mol. The second-order valence-corrected chi connectivity index (χ2v) is 22.7. The molecule has 460 valence electrons. The highest BCUT2D eigenvalue weighted by Gasteiger charge is 2.19. The predicted molar refractivity (Wildman–Crippen MR) is 348 cm³/mol. The molecule has 0 spiro atoms. The van der Waals surface area contributed by atoms with Gasteiger partial charge < -0.3 is 14.2 Å². The molecule has 0 bridgehead atoms. The van der Waals surface area contributed by atoms with Gasteiger partial charge in [-0.2, -0.15) is 0 Å². The summed E-state index contributed by atoms with van der Waals surface area (Å²) >= 11 is 0. The summed E-state index contributed by atoms with van der Waals surface area (Å²) in [4.78, 5) is 38.3. The zero-order chi connectivity index (χ0) is 57.8. The molecule has 6 heteroatoms. The minimum absolute atomic E-state index is 0.0744. The Morgan fingerprint density at radius 1 is 0.263 bits per heavy atom. The molecule has 0 aliphatic heterocycles. The molecule has 0 N–H and O–H groups in total. The number of carbonyl (C=O) groups excluding carboxylic acids is 3. The number of hydrogen-bond acceptors (Lipinski definition) is 6. The number of rotatable bonds is 62. The smallest absolute Gasteiger partial charge is 0.306 e. The van der Waals surface area contributed by atoms with Crippen molar-refractivity contribution in [1.82, 2.24) is 0 Å². The van der Waals surface area contributed by atoms with Gasteiger partial charge in [0.25, 0.3) is 0 Å². The van der Waals surface area contributed by atoms with Crippen LogP contribution in [0.3, 0.4) is 0 Å². The van der Waals surface area contributed by atoms with Crippen LogP contribution in [0.2, 0.25) is 0 Å². The predicted octanol–water partition coefficient (Wildman–Crippen LogP) is 23.6. The van der Waals surface area contributed by atoms with E-state index in [4.69, 9.17) is 14.2 Å². The van der Waals surface area contributed by atoms with Crippen molar-refractivity contribution in [2.24, 2.45) is 0 Å². The third-order valence-corrected chi connectivity index (χ3v) is 14.9. The zero-order valence-corrected chi connectivity index (χ0v) is 52.8. The van der Waals surface area contributed by atoms with Crippen LogP contribution in [-0.4, -0.2) is 37.2 Å². The lowest BCUT2D eigenvalue weighted by Crippen LogP contribution is -2.30. The highest BCUT2D eigenvalue weighted by atomic mass is 16.6. The van der Waals surface area contributed by atoms with Crippen LogP contribution in [0.5, 0.6) is 0 Å². The summed E-state index contributed by atoms with van der Waals surface area (Å²) in [5, 5.41) is 0. The van der Waals surface area contributed by atoms with Crippen LogP contribution in [0.25, 0.3) is 0 Å². The molecule has 0 rings (SSSR count). The highest BCUT2D eigenvalue weighted by molar-refractivity contribution is 5.71. The van der Waals surface area contributed by atoms with E-state index >= 15 is 0 Å². The Morgan fingerprint density at radius 3 is 0.762 bits per heavy atom. The minimum Gasteiger partial charge on any atom is -0.462 e. The summed E-state index contributed by atoms with van der Waals surface area (Å²) < 4.78 is 16.9. The fourth-order valence-electron chi connectivity index (χ4n) is 9.76. The Bertz CT molecular complexity index is 1560. The fourth-order valence-corrected chi connectivity index (χ4v) is 9.76. The SMILES string of the molecule is CC/C=C\C/C=C\C/C=C\C/C=C\C/C=C\C/C=C\C/C=C\C/C=C\CCCCCCCCCCC(=O)OCC(COC(=O)CCCCCCCCCCCCC)OC(=O)CCCCCCCCCCCCCCCCCCCC. The Balaban J connectivity index is 4.22. The quantitative estimate of drug-likeness (QED) is 0.0261. The van der Waals surface area contributed by atoms with Gasteiger partial charge in [0.1, 0.15) is 13.2 Å². The first-order valence-corrected chi connectivity index (χ1v) is 34.2. The van der Waals surface area contributed by atoms with E-state index in [1.165, 1.54) is 180 Å². The summed E-state index contributed by atoms with van der Waals surface area (Å²) in [5.74, 6) is -0.867. The second-order valence-electron chi connectivity index (χ2n) is 22.7. The Morgan fingerprint density at radius 2 is 0.487 bits per heavy atom. The van der Waals surface area contributed by atoms with Crippen molar-refractivity contribution >= 4 is 17.9 Å². The molecule has 0 aliphatic rings. The molecular weight excluding hydrogens is 985 g/mol. The van der Waals surface area contributed by atoms with Crippen LogP contribution in [-0.2, 0) is 28.6 Å². The first-order valence-electron chi connectivity index (χ1n) is 34.2. The molecule has 0 amide bonds. The first kappa shape index (κ1) is 76.3. The first-order chi connectivity index (χ1) is 39.5. The van der Waals surface area contributed by atoms with E-state index < -0.39 is 6.10 Å². The average Bonchev–Trinajstić information content (AvgIpc) is 3.46. The van der Waals surface area contributed by atoms with Crippen molar-refractivity contribution in [1.29, 1.82) is 0 Å². The molecular formula is C74H128O6. The van der Waals surface area contributed by atoms with Crippen molar-refractivity contribution in [3.63, 3.8) is 0 Å². The maximum Gasteiger partial charge on any atom is 0.306 e. The summed E-state index contributed by atoms with van der Waals surface area (Å²) in [5.41, 5.74) is 0. The third kappa shape index (κ3) is 65.1. The lowest BCUT2D eigenvalue weighted by Gasteiger charge is -2.18. The Hall–Kier alpha value is -3.67. The second kappa shape index (κ2) is 67.8. The van der Waals surface area contributed by atoms with Gasteiger partial charge in [-0.25, -0.2) is 0 Å². The third-order valence-electron chi connectivity index (χ3n) is 14.9. The molecule has 0 aromatic carbocycles. The molecule has 0 saturated carbocycles. The van der Waals surface area contributed by atoms with Crippen molar-refractivity contribution in [3.05, 3.63) is 97.2 Å². The van der Waals surface area contributed by atoms with Crippen molar-refractivity contribution in [3.8, 4) is 0 Å². The molecule has 0 aromatic rings. The normalized spacial score (nSPS) is 12.7. The standard InChI is InChI=1S/C74H128O6/c1-4-7-10-13-16-19-22-24-26-28-30-31-32-33-34-35-36-37-38-39-40-41-42-43-44-46-47-49-52-55-58-61-64-67-73(76)79-70-71(69-78-72(75)66-63-60-57-54-51-21-18-15-12-9-6-3)80-74(77)68-65-62-59-56-53-50-48-45-29-27-25-23-20-17-14-11-8-5-2/h7,10,16,19,24,26,30-31,33-34,36-37,39-40,42-43,71H,4-6,8-9,11-15,17-18,20-23,25,27-29,32,35,38,41,44-70H2,1-3H3/b10-7-,19-16-,26-24-,31-30-,34-33-,37-36-,40-39-,43-42-. The van der Waals surface area contributed by atoms with Crippen LogP contribution in [0.15, 0.2) is 97.2 Å². The topological polar surface area (TPSA) is 78.9 Å². The van der Waals surface area contributed by atoms with Crippen molar-refractivity contribution in [2.75, 3.05) is 13.2 Å². The van der Waals surface area contributed by atoms with Gasteiger partial charge in [-0.3, -0.25) is 14.4 Å². The van der Waals surface area contributed by atoms with E-state index in [-0.39, 0.29) is 31.1 Å². The summed E-state index contributed by atoms with van der Waals surface area (Å²) in [7, 11) is 0. The average molecular weight is 1110 g/mol. The van der Waals surface area contributed by atoms with E-state index in [1.807, 2.05) is 0 Å². The van der Waals surface area contributed by atoms with Crippen LogP contribution >= 0.6 is 0 Å². The van der Waals surface area contributed by atoms with Gasteiger partial charge in [-0.1, -0.05) is 330 Å². The molecule has 6 nitrogen and oxygen atoms in total. The van der Waals surface area contributed by atoms with E-state index in [0.717, 1.165) is 116 Å². The zero-order valence-electron chi connectivity index (χ0n) is 52.8. The van der Waals surface area contributed by atoms with Crippen LogP contribution in [0.4, 0.5) is 0 Å². The van der Waals surface area contributed by atoms with Gasteiger partial charge in [-0.15, -0.1) is 0 Å². The molecule has 1 atom stereocenters. The minimum atomic E-state index is -0.778. The number of esters is 3. The maximum absolute atomic E-state index is 12.9. The summed E-state index contributed by atoms with van der Waals surface area (Å²) in [6.07, 6.45) is 91.4. The van der Waals surface area contributed by atoms with Gasteiger partial charge in [0.05, 0.1) is 0 Å². The van der Waals surface area contributed by atoms with Gasteiger partial charge in [0.2, 0.25) is 0 Å². The Kier molecular flexibility index (Phi) is 64.7. The van der Waals surface area contributed by atoms with E-state index in [1.54, 1.807) is 0 Å². The number of hydrogen-bond donors (Lipinski definition) is 0. The van der Waals surface area contributed by atoms with E-state index in [9.17, 15) is 14.4 Å². The lowest BCUT2D eigenvalue weighted by atomic mass is 10.0. The number of allylic oxidation sites excluding steroid dienone is 16. The van der Waals surface area contributed by atoms with Gasteiger partial charge in [0.15, 0.2) is 6.10 Å². The molecule has 0 aliphatic carbocycles. The van der Waals surface area contributed by atoms with Gasteiger partial charge >= 0.3 is 17.9 Å².